The first-order valence-corrected chi connectivity index (χ1v) is 9.27. The molecule has 1 saturated heterocycles. The second kappa shape index (κ2) is 12.2. The van der Waals surface area contributed by atoms with Crippen LogP contribution in [-0.2, 0) is 16.1 Å². The first kappa shape index (κ1) is 23.7. The molecule has 1 fully saturated rings. The summed E-state index contributed by atoms with van der Waals surface area (Å²) in [5.41, 5.74) is 2.22. The molecule has 8 nitrogen and oxygen atoms in total. The number of carbonyl (C=O) groups excluding carboxylic acids is 1. The van der Waals surface area contributed by atoms with Crippen LogP contribution < -0.4 is 10.6 Å². The van der Waals surface area contributed by atoms with Crippen molar-refractivity contribution in [3.8, 4) is 0 Å². The fraction of sp³-hybridized carbons (Fsp3) is 0.722. The zero-order valence-corrected chi connectivity index (χ0v) is 19.2. The molecule has 0 saturated carbocycles. The molecule has 2 N–H and O–H groups in total. The molecule has 0 bridgehead atoms. The van der Waals surface area contributed by atoms with Gasteiger partial charge in [-0.2, -0.15) is 5.10 Å². The number of aliphatic imine (C=N–C) groups is 1. The molecule has 1 amide bonds. The van der Waals surface area contributed by atoms with Gasteiger partial charge < -0.3 is 20.3 Å². The largest absolute Gasteiger partial charge is 0.381 e. The van der Waals surface area contributed by atoms with Gasteiger partial charge in [-0.3, -0.25) is 9.48 Å². The van der Waals surface area contributed by atoms with Gasteiger partial charge in [0, 0.05) is 51.9 Å². The summed E-state index contributed by atoms with van der Waals surface area (Å²) in [5.74, 6) is 1.17. The van der Waals surface area contributed by atoms with E-state index >= 15 is 0 Å². The molecule has 0 aliphatic carbocycles. The molecule has 27 heavy (non-hydrogen) atoms. The lowest BCUT2D eigenvalue weighted by Gasteiger charge is -2.16. The van der Waals surface area contributed by atoms with E-state index < -0.39 is 0 Å². The third-order valence-electron chi connectivity index (χ3n) is 4.40. The smallest absolute Gasteiger partial charge is 0.243 e. The first-order chi connectivity index (χ1) is 12.5. The highest BCUT2D eigenvalue weighted by Gasteiger charge is 2.16. The number of likely N-dealkylation sites (N-methyl/N-ethyl adjacent to an activating group) is 1. The molecule has 2 rings (SSSR count). The molecule has 1 atom stereocenters. The summed E-state index contributed by atoms with van der Waals surface area (Å²) in [6.07, 6.45) is 1.99. The Balaban J connectivity index is 0.00000364. The highest BCUT2D eigenvalue weighted by atomic mass is 127. The number of nitrogens with one attached hydrogen (secondary N) is 2. The average molecular weight is 492 g/mol. The van der Waals surface area contributed by atoms with Crippen molar-refractivity contribution in [2.45, 2.75) is 33.2 Å². The molecule has 2 heterocycles. The zero-order chi connectivity index (χ0) is 18.9. The van der Waals surface area contributed by atoms with Gasteiger partial charge in [-0.1, -0.05) is 0 Å². The van der Waals surface area contributed by atoms with Crippen LogP contribution in [0.3, 0.4) is 0 Å². The van der Waals surface area contributed by atoms with E-state index in [1.165, 1.54) is 5.69 Å². The monoisotopic (exact) mass is 492 g/mol. The lowest BCUT2D eigenvalue weighted by molar-refractivity contribution is -0.127. The van der Waals surface area contributed by atoms with Crippen molar-refractivity contribution in [3.63, 3.8) is 0 Å². The molecule has 154 valence electrons. The number of hydrogen-bond acceptors (Lipinski definition) is 4. The number of aromatic nitrogens is 2. The molecule has 1 aliphatic rings. The van der Waals surface area contributed by atoms with E-state index in [9.17, 15) is 4.79 Å². The Kier molecular flexibility index (Phi) is 10.7. The van der Waals surface area contributed by atoms with Gasteiger partial charge in [0.1, 0.15) is 6.54 Å². The highest BCUT2D eigenvalue weighted by Crippen LogP contribution is 2.10. The minimum Gasteiger partial charge on any atom is -0.381 e. The lowest BCUT2D eigenvalue weighted by Crippen LogP contribution is -2.41. The highest BCUT2D eigenvalue weighted by molar-refractivity contribution is 14.0. The van der Waals surface area contributed by atoms with Gasteiger partial charge in [-0.25, -0.2) is 4.99 Å². The van der Waals surface area contributed by atoms with Crippen LogP contribution in [0.25, 0.3) is 0 Å². The summed E-state index contributed by atoms with van der Waals surface area (Å²) >= 11 is 0. The quantitative estimate of drug-likeness (QED) is 0.247. The molecule has 9 heteroatoms. The van der Waals surface area contributed by atoms with Crippen LogP contribution in [0.1, 0.15) is 24.2 Å². The number of ether oxygens (including phenoxy) is 1. The van der Waals surface area contributed by atoms with Crippen LogP contribution in [0, 0.1) is 19.8 Å². The Morgan fingerprint density at radius 3 is 2.78 bits per heavy atom. The van der Waals surface area contributed by atoms with Crippen LogP contribution in [0.2, 0.25) is 0 Å². The van der Waals surface area contributed by atoms with Crippen molar-refractivity contribution in [2.24, 2.45) is 10.9 Å². The van der Waals surface area contributed by atoms with Crippen LogP contribution in [0.15, 0.2) is 11.1 Å². The predicted octanol–water partition coefficient (Wildman–Crippen LogP) is 1.17. The molecule has 1 aromatic rings. The molecule has 1 aromatic heterocycles. The van der Waals surface area contributed by atoms with E-state index in [4.69, 9.17) is 4.74 Å². The second-order valence-electron chi connectivity index (χ2n) is 6.99. The molecular weight excluding hydrogens is 459 g/mol. The first-order valence-electron chi connectivity index (χ1n) is 9.27. The standard InChI is InChI=1S/C18H32N6O2.HI/c1-14-10-15(2)24(22-14)8-5-7-19-18(21-12-17(25)23(3)4)20-11-16-6-9-26-13-16;/h10,16H,5-9,11-13H2,1-4H3,(H2,19,20,21);1H. The Morgan fingerprint density at radius 1 is 1.41 bits per heavy atom. The number of amides is 1. The zero-order valence-electron chi connectivity index (χ0n) is 16.8. The lowest BCUT2D eigenvalue weighted by atomic mass is 10.1. The van der Waals surface area contributed by atoms with Crippen LogP contribution in [0.5, 0.6) is 0 Å². The number of halogens is 1. The Hall–Kier alpha value is -1.36. The second-order valence-corrected chi connectivity index (χ2v) is 6.99. The van der Waals surface area contributed by atoms with Gasteiger partial charge >= 0.3 is 0 Å². The van der Waals surface area contributed by atoms with Gasteiger partial charge in [-0.05, 0) is 32.8 Å². The third-order valence-corrected chi connectivity index (χ3v) is 4.40. The molecule has 0 radical (unpaired) electrons. The maximum atomic E-state index is 11.8. The topological polar surface area (TPSA) is 83.8 Å². The minimum atomic E-state index is -0.0158. The summed E-state index contributed by atoms with van der Waals surface area (Å²) in [7, 11) is 3.48. The van der Waals surface area contributed by atoms with Crippen molar-refractivity contribution in [3.05, 3.63) is 17.5 Å². The molecule has 1 aliphatic heterocycles. The predicted molar refractivity (Wildman–Crippen MR) is 118 cm³/mol. The van der Waals surface area contributed by atoms with E-state index in [0.29, 0.717) is 11.9 Å². The number of rotatable bonds is 8. The van der Waals surface area contributed by atoms with Crippen molar-refractivity contribution < 1.29 is 9.53 Å². The van der Waals surface area contributed by atoms with E-state index in [2.05, 4.69) is 33.7 Å². The molecule has 0 aromatic carbocycles. The van der Waals surface area contributed by atoms with Crippen LogP contribution in [0.4, 0.5) is 0 Å². The molecule has 1 unspecified atom stereocenters. The van der Waals surface area contributed by atoms with Crippen molar-refractivity contribution in [1.82, 2.24) is 25.3 Å². The maximum absolute atomic E-state index is 11.8. The third kappa shape index (κ3) is 8.46. The number of aryl methyl sites for hydroxylation is 3. The van der Waals surface area contributed by atoms with Gasteiger partial charge in [0.25, 0.3) is 0 Å². The summed E-state index contributed by atoms with van der Waals surface area (Å²) in [6.45, 7) is 8.25. The Labute approximate surface area is 179 Å². The van der Waals surface area contributed by atoms with E-state index in [-0.39, 0.29) is 36.4 Å². The summed E-state index contributed by atoms with van der Waals surface area (Å²) in [5, 5.41) is 11.1. The van der Waals surface area contributed by atoms with Crippen molar-refractivity contribution in [1.29, 1.82) is 0 Å². The maximum Gasteiger partial charge on any atom is 0.243 e. The normalized spacial score (nSPS) is 16.7. The van der Waals surface area contributed by atoms with Crippen LogP contribution >= 0.6 is 24.0 Å². The van der Waals surface area contributed by atoms with Crippen molar-refractivity contribution in [2.75, 3.05) is 46.9 Å². The summed E-state index contributed by atoms with van der Waals surface area (Å²) in [6, 6.07) is 2.08. The van der Waals surface area contributed by atoms with Gasteiger partial charge in [0.05, 0.1) is 12.3 Å². The molecular formula is C18H33IN6O2. The molecule has 0 spiro atoms. The SMILES string of the molecule is Cc1cc(C)n(CCCNC(=NCC(=O)N(C)C)NCC2CCOC2)n1.I. The number of carbonyl (C=O) groups is 1. The van der Waals surface area contributed by atoms with E-state index in [1.54, 1.807) is 19.0 Å². The van der Waals surface area contributed by atoms with Gasteiger partial charge in [0.2, 0.25) is 5.91 Å². The number of nitrogens with zero attached hydrogens (tertiary/aromatic N) is 4. The fourth-order valence-electron chi connectivity index (χ4n) is 2.78. The van der Waals surface area contributed by atoms with Crippen molar-refractivity contribution >= 4 is 35.8 Å². The Morgan fingerprint density at radius 2 is 2.19 bits per heavy atom. The minimum absolute atomic E-state index is 0. The number of hydrogen-bond donors (Lipinski definition) is 2. The van der Waals surface area contributed by atoms with Gasteiger partial charge in [0.15, 0.2) is 5.96 Å². The Bertz CT molecular complexity index is 611. The number of guanidine groups is 1. The summed E-state index contributed by atoms with van der Waals surface area (Å²) < 4.78 is 7.43. The van der Waals surface area contributed by atoms with E-state index in [1.807, 2.05) is 11.6 Å². The van der Waals surface area contributed by atoms with Crippen LogP contribution in [-0.4, -0.2) is 73.5 Å². The fourth-order valence-corrected chi connectivity index (χ4v) is 2.78. The van der Waals surface area contributed by atoms with E-state index in [0.717, 1.165) is 51.4 Å². The summed E-state index contributed by atoms with van der Waals surface area (Å²) in [4.78, 5) is 17.8. The average Bonchev–Trinajstić information content (AvgIpc) is 3.22. The van der Waals surface area contributed by atoms with Gasteiger partial charge in [-0.15, -0.1) is 24.0 Å².